The van der Waals surface area contributed by atoms with E-state index in [9.17, 15) is 14.0 Å². The molecule has 0 saturated carbocycles. The molecule has 1 fully saturated rings. The first kappa shape index (κ1) is 21.9. The molecule has 1 saturated heterocycles. The summed E-state index contributed by atoms with van der Waals surface area (Å²) in [6, 6.07) is 17.5. The van der Waals surface area contributed by atoms with Crippen molar-refractivity contribution in [1.82, 2.24) is 25.0 Å². The van der Waals surface area contributed by atoms with E-state index in [2.05, 4.69) is 20.1 Å². The minimum Gasteiger partial charge on any atom is -0.337 e. The Balaban J connectivity index is 1.38. The van der Waals surface area contributed by atoms with Gasteiger partial charge in [-0.3, -0.25) is 19.5 Å². The number of pyridine rings is 1. The molecule has 1 aliphatic rings. The summed E-state index contributed by atoms with van der Waals surface area (Å²) >= 11 is 0. The Bertz CT molecular complexity index is 1410. The number of aromatic nitrogens is 3. The summed E-state index contributed by atoms with van der Waals surface area (Å²) in [5.41, 5.74) is 1.74. The molecule has 4 aromatic rings. The molecular weight excluding hydrogens is 433 g/mol. The minimum absolute atomic E-state index is 0.00242. The molecular formula is C26H24FN5O2. The van der Waals surface area contributed by atoms with E-state index in [1.165, 1.54) is 12.1 Å². The molecule has 3 heterocycles. The fourth-order valence-corrected chi connectivity index (χ4v) is 4.50. The summed E-state index contributed by atoms with van der Waals surface area (Å²) in [4.78, 5) is 33.6. The molecule has 0 unspecified atom stereocenters. The molecule has 1 atom stereocenters. The van der Waals surface area contributed by atoms with Crippen LogP contribution in [0.3, 0.4) is 0 Å². The van der Waals surface area contributed by atoms with Crippen LogP contribution in [0.4, 0.5) is 4.39 Å². The lowest BCUT2D eigenvalue weighted by molar-refractivity contribution is 0.0775. The summed E-state index contributed by atoms with van der Waals surface area (Å²) in [5.74, 6) is -0.922. The van der Waals surface area contributed by atoms with Crippen molar-refractivity contribution in [2.45, 2.75) is 19.0 Å². The third-order valence-electron chi connectivity index (χ3n) is 6.38. The molecule has 172 valence electrons. The number of hydrogen-bond donors (Lipinski definition) is 1. The third-order valence-corrected chi connectivity index (χ3v) is 6.38. The lowest BCUT2D eigenvalue weighted by atomic mass is 10.0. The fourth-order valence-electron chi connectivity index (χ4n) is 4.50. The van der Waals surface area contributed by atoms with Gasteiger partial charge in [0, 0.05) is 42.8 Å². The Morgan fingerprint density at radius 1 is 1.15 bits per heavy atom. The lowest BCUT2D eigenvalue weighted by Gasteiger charge is -2.24. The summed E-state index contributed by atoms with van der Waals surface area (Å²) in [6.07, 6.45) is 2.58. The Kier molecular flexibility index (Phi) is 5.90. The van der Waals surface area contributed by atoms with Crippen molar-refractivity contribution in [2.75, 3.05) is 20.1 Å². The zero-order valence-electron chi connectivity index (χ0n) is 18.7. The van der Waals surface area contributed by atoms with Gasteiger partial charge in [-0.05, 0) is 49.9 Å². The SMILES string of the molecule is CN(Cc1ccccn1)[C@H]1CCN(C(=O)c2cc(-c3n[nH]c(=O)c4ccccc34)ccc2F)C1. The molecule has 7 nitrogen and oxygen atoms in total. The molecule has 0 radical (unpaired) electrons. The van der Waals surface area contributed by atoms with Crippen LogP contribution in [-0.4, -0.2) is 57.1 Å². The Morgan fingerprint density at radius 2 is 1.94 bits per heavy atom. The Morgan fingerprint density at radius 3 is 2.74 bits per heavy atom. The molecule has 2 aromatic heterocycles. The second-order valence-electron chi connectivity index (χ2n) is 8.57. The van der Waals surface area contributed by atoms with Crippen LogP contribution < -0.4 is 5.56 Å². The van der Waals surface area contributed by atoms with Crippen LogP contribution in [0.25, 0.3) is 22.0 Å². The second kappa shape index (κ2) is 9.15. The Hall–Kier alpha value is -3.91. The van der Waals surface area contributed by atoms with Gasteiger partial charge in [0.2, 0.25) is 0 Å². The van der Waals surface area contributed by atoms with Gasteiger partial charge in [-0.15, -0.1) is 0 Å². The van der Waals surface area contributed by atoms with Crippen LogP contribution in [0.5, 0.6) is 0 Å². The number of benzene rings is 2. The van der Waals surface area contributed by atoms with E-state index in [0.717, 1.165) is 12.1 Å². The van der Waals surface area contributed by atoms with E-state index >= 15 is 0 Å². The van der Waals surface area contributed by atoms with Crippen LogP contribution >= 0.6 is 0 Å². The molecule has 5 rings (SSSR count). The van der Waals surface area contributed by atoms with Gasteiger partial charge in [0.05, 0.1) is 22.3 Å². The van der Waals surface area contributed by atoms with Crippen LogP contribution in [0, 0.1) is 5.82 Å². The standard InChI is InChI=1S/C26H24FN5O2/c1-31(15-18-6-4-5-12-28-18)19-11-13-32(16-19)26(34)22-14-17(9-10-23(22)27)24-20-7-2-3-8-21(20)25(33)30-29-24/h2-10,12,14,19H,11,13,15-16H2,1H3,(H,30,33)/t19-/m0/s1. The number of carbonyl (C=O) groups is 1. The van der Waals surface area contributed by atoms with E-state index < -0.39 is 5.82 Å². The number of carbonyl (C=O) groups excluding carboxylic acids is 1. The van der Waals surface area contributed by atoms with Crippen molar-refractivity contribution < 1.29 is 9.18 Å². The van der Waals surface area contributed by atoms with Gasteiger partial charge < -0.3 is 4.90 Å². The summed E-state index contributed by atoms with van der Waals surface area (Å²) in [5, 5.41) is 7.81. The van der Waals surface area contributed by atoms with Crippen LogP contribution in [0.2, 0.25) is 0 Å². The molecule has 1 aliphatic heterocycles. The van der Waals surface area contributed by atoms with Crippen molar-refractivity contribution in [3.8, 4) is 11.3 Å². The zero-order valence-corrected chi connectivity index (χ0v) is 18.7. The number of nitrogens with zero attached hydrogens (tertiary/aromatic N) is 4. The number of fused-ring (bicyclic) bond motifs is 1. The zero-order chi connectivity index (χ0) is 23.7. The summed E-state index contributed by atoms with van der Waals surface area (Å²) < 4.78 is 14.8. The summed E-state index contributed by atoms with van der Waals surface area (Å²) in [7, 11) is 2.02. The van der Waals surface area contributed by atoms with E-state index in [1.54, 1.807) is 35.4 Å². The van der Waals surface area contributed by atoms with Crippen molar-refractivity contribution in [3.05, 3.63) is 94.3 Å². The average Bonchev–Trinajstić information content (AvgIpc) is 3.36. The monoisotopic (exact) mass is 457 g/mol. The highest BCUT2D eigenvalue weighted by Gasteiger charge is 2.31. The topological polar surface area (TPSA) is 82.2 Å². The van der Waals surface area contributed by atoms with E-state index in [0.29, 0.717) is 41.7 Å². The maximum absolute atomic E-state index is 14.8. The van der Waals surface area contributed by atoms with E-state index in [-0.39, 0.29) is 23.1 Å². The molecule has 0 bridgehead atoms. The number of H-pyrrole nitrogens is 1. The molecule has 1 N–H and O–H groups in total. The minimum atomic E-state index is -0.576. The number of aromatic amines is 1. The van der Waals surface area contributed by atoms with Gasteiger partial charge >= 0.3 is 0 Å². The van der Waals surface area contributed by atoms with Crippen molar-refractivity contribution in [3.63, 3.8) is 0 Å². The van der Waals surface area contributed by atoms with Gasteiger partial charge in [-0.25, -0.2) is 9.49 Å². The molecule has 0 spiro atoms. The van der Waals surface area contributed by atoms with Gasteiger partial charge in [-0.1, -0.05) is 24.3 Å². The highest BCUT2D eigenvalue weighted by molar-refractivity contribution is 5.98. The number of likely N-dealkylation sites (tertiary alicyclic amines) is 1. The molecule has 1 amide bonds. The number of rotatable bonds is 5. The first-order chi connectivity index (χ1) is 16.5. The van der Waals surface area contributed by atoms with Gasteiger partial charge in [0.1, 0.15) is 5.82 Å². The van der Waals surface area contributed by atoms with Crippen molar-refractivity contribution >= 4 is 16.7 Å². The number of amides is 1. The van der Waals surface area contributed by atoms with E-state index in [1.807, 2.05) is 31.3 Å². The van der Waals surface area contributed by atoms with Gasteiger partial charge in [0.25, 0.3) is 11.5 Å². The van der Waals surface area contributed by atoms with Gasteiger partial charge in [-0.2, -0.15) is 5.10 Å². The average molecular weight is 458 g/mol. The normalized spacial score (nSPS) is 15.9. The highest BCUT2D eigenvalue weighted by atomic mass is 19.1. The smallest absolute Gasteiger partial charge is 0.272 e. The predicted molar refractivity (Wildman–Crippen MR) is 128 cm³/mol. The maximum atomic E-state index is 14.8. The molecule has 8 heteroatoms. The molecule has 0 aliphatic carbocycles. The third kappa shape index (κ3) is 4.20. The van der Waals surface area contributed by atoms with Gasteiger partial charge in [0.15, 0.2) is 0 Å². The van der Waals surface area contributed by atoms with Crippen LogP contribution in [0.15, 0.2) is 71.7 Å². The van der Waals surface area contributed by atoms with Crippen molar-refractivity contribution in [2.24, 2.45) is 0 Å². The Labute approximate surface area is 195 Å². The fraction of sp³-hybridized carbons (Fsp3) is 0.231. The second-order valence-corrected chi connectivity index (χ2v) is 8.57. The van der Waals surface area contributed by atoms with Crippen molar-refractivity contribution in [1.29, 1.82) is 0 Å². The van der Waals surface area contributed by atoms with E-state index in [4.69, 9.17) is 0 Å². The highest BCUT2D eigenvalue weighted by Crippen LogP contribution is 2.27. The van der Waals surface area contributed by atoms with Crippen LogP contribution in [-0.2, 0) is 6.54 Å². The largest absolute Gasteiger partial charge is 0.337 e. The lowest BCUT2D eigenvalue weighted by Crippen LogP contribution is -2.36. The number of nitrogens with one attached hydrogen (secondary N) is 1. The number of likely N-dealkylation sites (N-methyl/N-ethyl adjacent to an activating group) is 1. The van der Waals surface area contributed by atoms with Crippen LogP contribution in [0.1, 0.15) is 22.5 Å². The quantitative estimate of drug-likeness (QED) is 0.496. The first-order valence-corrected chi connectivity index (χ1v) is 11.2. The first-order valence-electron chi connectivity index (χ1n) is 11.2. The number of halogens is 1. The molecule has 2 aromatic carbocycles. The molecule has 34 heavy (non-hydrogen) atoms. The number of hydrogen-bond acceptors (Lipinski definition) is 5. The summed E-state index contributed by atoms with van der Waals surface area (Å²) in [6.45, 7) is 1.76. The predicted octanol–water partition coefficient (Wildman–Crippen LogP) is 3.47. The maximum Gasteiger partial charge on any atom is 0.272 e.